The normalized spacial score (nSPS) is 15.0. The molecular formula is C13H16N2O3. The van der Waals surface area contributed by atoms with E-state index in [1.165, 1.54) is 7.11 Å². The Hall–Kier alpha value is -2.04. The zero-order valence-electron chi connectivity index (χ0n) is 10.5. The molecule has 18 heavy (non-hydrogen) atoms. The average molecular weight is 248 g/mol. The lowest BCUT2D eigenvalue weighted by atomic mass is 10.1. The van der Waals surface area contributed by atoms with Crippen molar-refractivity contribution in [3.8, 4) is 0 Å². The average Bonchev–Trinajstić information content (AvgIpc) is 2.77. The van der Waals surface area contributed by atoms with Crippen LogP contribution >= 0.6 is 0 Å². The van der Waals surface area contributed by atoms with Crippen molar-refractivity contribution in [2.75, 3.05) is 24.3 Å². The summed E-state index contributed by atoms with van der Waals surface area (Å²) in [5.74, 6) is -0.380. The first-order valence-corrected chi connectivity index (χ1v) is 5.83. The Balaban J connectivity index is 2.48. The molecule has 2 N–H and O–H groups in total. The van der Waals surface area contributed by atoms with Gasteiger partial charge in [-0.05, 0) is 31.0 Å². The van der Waals surface area contributed by atoms with Gasteiger partial charge in [0.2, 0.25) is 5.91 Å². The fourth-order valence-corrected chi connectivity index (χ4v) is 2.14. The Morgan fingerprint density at radius 3 is 2.72 bits per heavy atom. The van der Waals surface area contributed by atoms with Crippen molar-refractivity contribution >= 4 is 23.3 Å². The number of hydrogen-bond acceptors (Lipinski definition) is 4. The summed E-state index contributed by atoms with van der Waals surface area (Å²) in [7, 11) is 1.32. The van der Waals surface area contributed by atoms with Crippen LogP contribution in [-0.4, -0.2) is 25.5 Å². The smallest absolute Gasteiger partial charge is 0.337 e. The van der Waals surface area contributed by atoms with E-state index in [9.17, 15) is 9.59 Å². The molecule has 0 aromatic heterocycles. The summed E-state index contributed by atoms with van der Waals surface area (Å²) in [5, 5.41) is 0. The first kappa shape index (κ1) is 12.4. The van der Waals surface area contributed by atoms with Crippen LogP contribution in [0.1, 0.15) is 28.8 Å². The maximum Gasteiger partial charge on any atom is 0.337 e. The van der Waals surface area contributed by atoms with Gasteiger partial charge in [0.15, 0.2) is 0 Å². The minimum Gasteiger partial charge on any atom is -0.465 e. The van der Waals surface area contributed by atoms with Gasteiger partial charge in [-0.1, -0.05) is 0 Å². The maximum atomic E-state index is 11.8. The molecule has 1 aromatic rings. The largest absolute Gasteiger partial charge is 0.465 e. The maximum absolute atomic E-state index is 11.8. The number of esters is 1. The molecule has 0 spiro atoms. The second kappa shape index (κ2) is 4.68. The van der Waals surface area contributed by atoms with E-state index in [-0.39, 0.29) is 5.91 Å². The van der Waals surface area contributed by atoms with Gasteiger partial charge in [-0.2, -0.15) is 0 Å². The van der Waals surface area contributed by atoms with Crippen LogP contribution in [0.15, 0.2) is 12.1 Å². The monoisotopic (exact) mass is 248 g/mol. The van der Waals surface area contributed by atoms with Crippen LogP contribution in [-0.2, 0) is 9.53 Å². The summed E-state index contributed by atoms with van der Waals surface area (Å²) >= 11 is 0. The molecule has 1 aromatic carbocycles. The Morgan fingerprint density at radius 2 is 2.17 bits per heavy atom. The van der Waals surface area contributed by atoms with Gasteiger partial charge >= 0.3 is 5.97 Å². The highest BCUT2D eigenvalue weighted by Gasteiger charge is 2.25. The Bertz CT molecular complexity index is 511. The second-order valence-corrected chi connectivity index (χ2v) is 4.35. The fraction of sp³-hybridized carbons (Fsp3) is 0.385. The highest BCUT2D eigenvalue weighted by molar-refractivity contribution is 5.99. The van der Waals surface area contributed by atoms with Gasteiger partial charge in [0.25, 0.3) is 0 Å². The predicted molar refractivity (Wildman–Crippen MR) is 68.5 cm³/mol. The van der Waals surface area contributed by atoms with Crippen molar-refractivity contribution in [3.05, 3.63) is 23.3 Å². The van der Waals surface area contributed by atoms with E-state index in [1.807, 2.05) is 6.92 Å². The molecule has 1 heterocycles. The van der Waals surface area contributed by atoms with Crippen molar-refractivity contribution in [2.24, 2.45) is 0 Å². The number of nitrogens with zero attached hydrogens (tertiary/aromatic N) is 1. The number of rotatable bonds is 2. The van der Waals surface area contributed by atoms with Crippen LogP contribution < -0.4 is 10.6 Å². The lowest BCUT2D eigenvalue weighted by Crippen LogP contribution is -2.25. The third-order valence-electron chi connectivity index (χ3n) is 3.21. The van der Waals surface area contributed by atoms with E-state index in [0.29, 0.717) is 29.9 Å². The molecule has 1 saturated heterocycles. The molecule has 1 fully saturated rings. The van der Waals surface area contributed by atoms with Crippen LogP contribution in [0.5, 0.6) is 0 Å². The molecule has 0 saturated carbocycles. The fourth-order valence-electron chi connectivity index (χ4n) is 2.14. The summed E-state index contributed by atoms with van der Waals surface area (Å²) in [6.07, 6.45) is 1.38. The summed E-state index contributed by atoms with van der Waals surface area (Å²) < 4.78 is 4.68. The minimum atomic E-state index is -0.449. The standard InChI is InChI=1S/C13H16N2O3/c1-8-10(14)6-9(13(17)18-2)7-11(8)15-5-3-4-12(15)16/h6-7H,3-5,14H2,1-2H3. The Kier molecular flexibility index (Phi) is 3.23. The van der Waals surface area contributed by atoms with Crippen molar-refractivity contribution in [1.29, 1.82) is 0 Å². The minimum absolute atomic E-state index is 0.0690. The van der Waals surface area contributed by atoms with Gasteiger partial charge in [-0.15, -0.1) is 0 Å². The molecule has 96 valence electrons. The molecule has 1 amide bonds. The number of hydrogen-bond donors (Lipinski definition) is 1. The van der Waals surface area contributed by atoms with Gasteiger partial charge in [0, 0.05) is 24.3 Å². The number of ether oxygens (including phenoxy) is 1. The highest BCUT2D eigenvalue weighted by Crippen LogP contribution is 2.30. The summed E-state index contributed by atoms with van der Waals surface area (Å²) in [6.45, 7) is 2.51. The van der Waals surface area contributed by atoms with Crippen LogP contribution in [0.4, 0.5) is 11.4 Å². The van der Waals surface area contributed by atoms with Crippen molar-refractivity contribution in [1.82, 2.24) is 0 Å². The Labute approximate surface area is 106 Å². The second-order valence-electron chi connectivity index (χ2n) is 4.35. The predicted octanol–water partition coefficient (Wildman–Crippen LogP) is 1.49. The lowest BCUT2D eigenvalue weighted by Gasteiger charge is -2.20. The van der Waals surface area contributed by atoms with Gasteiger partial charge in [0.05, 0.1) is 12.7 Å². The van der Waals surface area contributed by atoms with Crippen LogP contribution in [0, 0.1) is 6.92 Å². The number of carbonyl (C=O) groups is 2. The van der Waals surface area contributed by atoms with E-state index in [1.54, 1.807) is 17.0 Å². The van der Waals surface area contributed by atoms with E-state index < -0.39 is 5.97 Å². The van der Waals surface area contributed by atoms with Crippen LogP contribution in [0.2, 0.25) is 0 Å². The third-order valence-corrected chi connectivity index (χ3v) is 3.21. The molecule has 0 radical (unpaired) electrons. The van der Waals surface area contributed by atoms with Crippen molar-refractivity contribution in [3.63, 3.8) is 0 Å². The quantitative estimate of drug-likeness (QED) is 0.635. The third kappa shape index (κ3) is 2.03. The molecular weight excluding hydrogens is 232 g/mol. The van der Waals surface area contributed by atoms with E-state index in [0.717, 1.165) is 12.0 Å². The first-order valence-electron chi connectivity index (χ1n) is 5.83. The summed E-state index contributed by atoms with van der Waals surface area (Å²) in [5.41, 5.74) is 8.27. The van der Waals surface area contributed by atoms with Gasteiger partial charge in [0.1, 0.15) is 0 Å². The van der Waals surface area contributed by atoms with Gasteiger partial charge in [-0.3, -0.25) is 4.79 Å². The molecule has 2 rings (SSSR count). The van der Waals surface area contributed by atoms with Gasteiger partial charge in [-0.25, -0.2) is 4.79 Å². The number of amides is 1. The highest BCUT2D eigenvalue weighted by atomic mass is 16.5. The van der Waals surface area contributed by atoms with Crippen molar-refractivity contribution in [2.45, 2.75) is 19.8 Å². The van der Waals surface area contributed by atoms with E-state index >= 15 is 0 Å². The molecule has 5 heteroatoms. The molecule has 1 aliphatic heterocycles. The molecule has 0 aliphatic carbocycles. The Morgan fingerprint density at radius 1 is 1.44 bits per heavy atom. The number of benzene rings is 1. The van der Waals surface area contributed by atoms with Gasteiger partial charge < -0.3 is 15.4 Å². The number of methoxy groups -OCH3 is 1. The zero-order valence-corrected chi connectivity index (χ0v) is 10.5. The summed E-state index contributed by atoms with van der Waals surface area (Å²) in [4.78, 5) is 25.0. The zero-order chi connectivity index (χ0) is 13.3. The number of carbonyl (C=O) groups excluding carboxylic acids is 2. The topological polar surface area (TPSA) is 72.6 Å². The summed E-state index contributed by atoms with van der Waals surface area (Å²) in [6, 6.07) is 3.24. The van der Waals surface area contributed by atoms with E-state index in [2.05, 4.69) is 4.74 Å². The SMILES string of the molecule is COC(=O)c1cc(N)c(C)c(N2CCCC2=O)c1. The molecule has 0 atom stereocenters. The number of nitrogen functional groups attached to an aromatic ring is 1. The lowest BCUT2D eigenvalue weighted by molar-refractivity contribution is -0.117. The molecule has 0 bridgehead atoms. The number of anilines is 2. The van der Waals surface area contributed by atoms with Crippen LogP contribution in [0.3, 0.4) is 0 Å². The molecule has 5 nitrogen and oxygen atoms in total. The first-order chi connectivity index (χ1) is 8.54. The number of nitrogens with two attached hydrogens (primary N) is 1. The van der Waals surface area contributed by atoms with Crippen LogP contribution in [0.25, 0.3) is 0 Å². The van der Waals surface area contributed by atoms with Crippen molar-refractivity contribution < 1.29 is 14.3 Å². The molecule has 1 aliphatic rings. The molecule has 0 unspecified atom stereocenters. The van der Waals surface area contributed by atoms with E-state index in [4.69, 9.17) is 5.73 Å².